The van der Waals surface area contributed by atoms with E-state index >= 15 is 0 Å². The third kappa shape index (κ3) is 4.28. The molecule has 2 aromatic heterocycles. The van der Waals surface area contributed by atoms with Crippen LogP contribution in [0.15, 0.2) is 36.4 Å². The number of carbonyl (C=O) groups is 1. The number of fused-ring (bicyclic) bond motifs is 1. The molecule has 3 heterocycles. The number of anilines is 1. The van der Waals surface area contributed by atoms with Gasteiger partial charge in [0.05, 0.1) is 9.58 Å². The molecule has 9 heteroatoms. The quantitative estimate of drug-likeness (QED) is 0.639. The third-order valence-corrected chi connectivity index (χ3v) is 7.25. The van der Waals surface area contributed by atoms with E-state index in [0.717, 1.165) is 32.6 Å². The first-order valence-electron chi connectivity index (χ1n) is 8.68. The Labute approximate surface area is 185 Å². The third-order valence-electron chi connectivity index (χ3n) is 4.93. The molecular weight excluding hydrogens is 435 g/mol. The number of thiophene rings is 1. The second kappa shape index (κ2) is 9.41. The molecule has 3 aromatic rings. The summed E-state index contributed by atoms with van der Waals surface area (Å²) >= 11 is 3.11. The number of nitrogens with zero attached hydrogens (tertiary/aromatic N) is 3. The van der Waals surface area contributed by atoms with Crippen molar-refractivity contribution in [1.29, 1.82) is 0 Å². The second-order valence-corrected chi connectivity index (χ2v) is 8.93. The van der Waals surface area contributed by atoms with Crippen LogP contribution in [0.5, 0.6) is 0 Å². The van der Waals surface area contributed by atoms with Crippen molar-refractivity contribution in [3.8, 4) is 0 Å². The first-order chi connectivity index (χ1) is 12.6. The Hall–Kier alpha value is -1.38. The summed E-state index contributed by atoms with van der Waals surface area (Å²) in [6, 6.07) is 12.4. The number of nitrogens with two attached hydrogens (primary N) is 1. The molecule has 0 bridgehead atoms. The molecule has 0 unspecified atom stereocenters. The van der Waals surface area contributed by atoms with Crippen LogP contribution < -0.4 is 10.6 Å². The lowest BCUT2D eigenvalue weighted by atomic mass is 9.89. The maximum absolute atomic E-state index is 13.0. The minimum absolute atomic E-state index is 0. The average Bonchev–Trinajstić information content (AvgIpc) is 3.34. The summed E-state index contributed by atoms with van der Waals surface area (Å²) in [5.74, 6) is 0.717. The Kier molecular flexibility index (Phi) is 7.70. The van der Waals surface area contributed by atoms with Gasteiger partial charge < -0.3 is 15.5 Å². The minimum Gasteiger partial charge on any atom is -0.354 e. The van der Waals surface area contributed by atoms with Gasteiger partial charge in [0.15, 0.2) is 5.13 Å². The van der Waals surface area contributed by atoms with Gasteiger partial charge in [0.25, 0.3) is 5.91 Å². The van der Waals surface area contributed by atoms with Gasteiger partial charge in [-0.2, -0.15) is 0 Å². The van der Waals surface area contributed by atoms with E-state index in [2.05, 4.69) is 29.2 Å². The fourth-order valence-corrected chi connectivity index (χ4v) is 5.63. The van der Waals surface area contributed by atoms with Crippen LogP contribution in [0.3, 0.4) is 0 Å². The number of thiazole rings is 1. The fourth-order valence-electron chi connectivity index (χ4n) is 3.53. The van der Waals surface area contributed by atoms with Crippen molar-refractivity contribution >= 4 is 68.1 Å². The highest BCUT2D eigenvalue weighted by atomic mass is 35.5. The standard InChI is InChI=1S/C19H22N4OS2.2ClH/c1-22(2)19-21-17-15(26-19)8-16(25-17)18(24)23-10-13(9-20)14(11-23)12-6-4-3-5-7-12;;/h3-8,13-14H,9-11,20H2,1-2H3;2*1H/t13-,14+;;/m1../s1. The van der Waals surface area contributed by atoms with Crippen molar-refractivity contribution in [2.75, 3.05) is 38.6 Å². The number of rotatable bonds is 4. The van der Waals surface area contributed by atoms with Crippen LogP contribution in [-0.2, 0) is 0 Å². The zero-order valence-corrected chi connectivity index (χ0v) is 19.0. The second-order valence-electron chi connectivity index (χ2n) is 6.89. The average molecular weight is 459 g/mol. The molecule has 2 N–H and O–H groups in total. The Morgan fingerprint density at radius 1 is 1.21 bits per heavy atom. The van der Waals surface area contributed by atoms with Gasteiger partial charge in [-0.05, 0) is 24.1 Å². The van der Waals surface area contributed by atoms with E-state index in [1.807, 2.05) is 36.0 Å². The van der Waals surface area contributed by atoms with Crippen LogP contribution in [-0.4, -0.2) is 49.5 Å². The predicted molar refractivity (Wildman–Crippen MR) is 124 cm³/mol. The monoisotopic (exact) mass is 458 g/mol. The molecule has 4 rings (SSSR count). The fraction of sp³-hybridized carbons (Fsp3) is 0.368. The van der Waals surface area contributed by atoms with E-state index in [4.69, 9.17) is 5.73 Å². The van der Waals surface area contributed by atoms with Crippen LogP contribution in [0.25, 0.3) is 9.53 Å². The summed E-state index contributed by atoms with van der Waals surface area (Å²) in [6.07, 6.45) is 0. The Morgan fingerprint density at radius 2 is 1.93 bits per heavy atom. The van der Waals surface area contributed by atoms with E-state index in [1.165, 1.54) is 16.9 Å². The van der Waals surface area contributed by atoms with Crippen LogP contribution in [0.2, 0.25) is 0 Å². The maximum Gasteiger partial charge on any atom is 0.264 e. The van der Waals surface area contributed by atoms with Crippen LogP contribution in [0.1, 0.15) is 21.2 Å². The van der Waals surface area contributed by atoms with Gasteiger partial charge in [0.2, 0.25) is 0 Å². The Morgan fingerprint density at radius 3 is 2.54 bits per heavy atom. The van der Waals surface area contributed by atoms with Gasteiger partial charge in [-0.1, -0.05) is 41.7 Å². The largest absolute Gasteiger partial charge is 0.354 e. The van der Waals surface area contributed by atoms with Gasteiger partial charge in [0.1, 0.15) is 4.83 Å². The minimum atomic E-state index is 0. The molecule has 5 nitrogen and oxygen atoms in total. The van der Waals surface area contributed by atoms with Crippen molar-refractivity contribution < 1.29 is 4.79 Å². The number of hydrogen-bond acceptors (Lipinski definition) is 6. The number of aromatic nitrogens is 1. The van der Waals surface area contributed by atoms with E-state index < -0.39 is 0 Å². The maximum atomic E-state index is 13.0. The molecule has 1 fully saturated rings. The molecule has 152 valence electrons. The lowest BCUT2D eigenvalue weighted by Crippen LogP contribution is -2.29. The molecule has 0 saturated carbocycles. The molecule has 1 aromatic carbocycles. The lowest BCUT2D eigenvalue weighted by molar-refractivity contribution is 0.0791. The molecule has 2 atom stereocenters. The summed E-state index contributed by atoms with van der Waals surface area (Å²) in [7, 11) is 3.96. The SMILES string of the molecule is CN(C)c1nc2sc(C(=O)N3C[C@@H](CN)[C@H](c4ccccc4)C3)cc2s1.Cl.Cl. The van der Waals surface area contributed by atoms with Crippen molar-refractivity contribution in [1.82, 2.24) is 9.88 Å². The van der Waals surface area contributed by atoms with Gasteiger partial charge in [-0.25, -0.2) is 4.98 Å². The summed E-state index contributed by atoms with van der Waals surface area (Å²) in [5, 5.41) is 0.971. The van der Waals surface area contributed by atoms with E-state index in [-0.39, 0.29) is 30.7 Å². The van der Waals surface area contributed by atoms with Crippen molar-refractivity contribution in [2.45, 2.75) is 5.92 Å². The molecule has 1 aliphatic rings. The van der Waals surface area contributed by atoms with Crippen LogP contribution in [0.4, 0.5) is 5.13 Å². The van der Waals surface area contributed by atoms with Gasteiger partial charge in [0, 0.05) is 33.1 Å². The number of hydrogen-bond donors (Lipinski definition) is 1. The van der Waals surface area contributed by atoms with E-state index in [0.29, 0.717) is 18.4 Å². The van der Waals surface area contributed by atoms with Crippen LogP contribution in [0, 0.1) is 5.92 Å². The van der Waals surface area contributed by atoms with E-state index in [9.17, 15) is 4.79 Å². The number of carbonyl (C=O) groups excluding carboxylic acids is 1. The molecular formula is C19H24Cl2N4OS2. The van der Waals surface area contributed by atoms with Crippen molar-refractivity contribution in [3.05, 3.63) is 46.8 Å². The topological polar surface area (TPSA) is 62.5 Å². The zero-order valence-electron chi connectivity index (χ0n) is 15.7. The van der Waals surface area contributed by atoms with Crippen LogP contribution >= 0.6 is 47.5 Å². The first-order valence-corrected chi connectivity index (χ1v) is 10.3. The molecule has 1 aliphatic heterocycles. The Balaban J connectivity index is 0.00000140. The van der Waals surface area contributed by atoms with Gasteiger partial charge in [-0.3, -0.25) is 4.79 Å². The Bertz CT molecular complexity index is 897. The number of benzene rings is 1. The number of halogens is 2. The van der Waals surface area contributed by atoms with E-state index in [1.54, 1.807) is 11.3 Å². The summed E-state index contributed by atoms with van der Waals surface area (Å²) in [5.41, 5.74) is 7.27. The molecule has 1 saturated heterocycles. The highest BCUT2D eigenvalue weighted by Crippen LogP contribution is 2.37. The predicted octanol–water partition coefficient (Wildman–Crippen LogP) is 4.08. The molecule has 0 aliphatic carbocycles. The zero-order chi connectivity index (χ0) is 18.3. The molecule has 0 spiro atoms. The number of likely N-dealkylation sites (tertiary alicyclic amines) is 1. The normalized spacial score (nSPS) is 18.6. The number of amides is 1. The molecule has 28 heavy (non-hydrogen) atoms. The smallest absolute Gasteiger partial charge is 0.264 e. The summed E-state index contributed by atoms with van der Waals surface area (Å²) in [6.45, 7) is 2.04. The molecule has 0 radical (unpaired) electrons. The van der Waals surface area contributed by atoms with Crippen molar-refractivity contribution in [2.24, 2.45) is 11.7 Å². The highest BCUT2D eigenvalue weighted by molar-refractivity contribution is 7.29. The van der Waals surface area contributed by atoms with Crippen molar-refractivity contribution in [3.63, 3.8) is 0 Å². The first kappa shape index (κ1) is 22.9. The van der Waals surface area contributed by atoms with Gasteiger partial charge in [-0.15, -0.1) is 36.2 Å². The molecule has 1 amide bonds. The lowest BCUT2D eigenvalue weighted by Gasteiger charge is -2.16. The van der Waals surface area contributed by atoms with Gasteiger partial charge >= 0.3 is 0 Å². The summed E-state index contributed by atoms with van der Waals surface area (Å²) < 4.78 is 1.08. The highest BCUT2D eigenvalue weighted by Gasteiger charge is 2.36. The summed E-state index contributed by atoms with van der Waals surface area (Å²) in [4.78, 5) is 23.3.